The fourth-order valence-electron chi connectivity index (χ4n) is 2.85. The van der Waals surface area contributed by atoms with Gasteiger partial charge in [-0.3, -0.25) is 9.78 Å². The maximum Gasteiger partial charge on any atom is 0.244 e. The Hall–Kier alpha value is -3.14. The minimum absolute atomic E-state index is 0.0457. The summed E-state index contributed by atoms with van der Waals surface area (Å²) in [6.07, 6.45) is 5.47. The summed E-state index contributed by atoms with van der Waals surface area (Å²) in [6.45, 7) is 0.287. The molecule has 2 aromatic heterocycles. The Morgan fingerprint density at radius 1 is 1.00 bits per heavy atom. The summed E-state index contributed by atoms with van der Waals surface area (Å²) in [6, 6.07) is 17.8. The molecular formula is C19H15N3O. The van der Waals surface area contributed by atoms with Crippen molar-refractivity contribution < 1.29 is 4.79 Å². The number of hydrogen-bond acceptors (Lipinski definition) is 2. The second-order valence-electron chi connectivity index (χ2n) is 5.45. The van der Waals surface area contributed by atoms with E-state index >= 15 is 0 Å². The van der Waals surface area contributed by atoms with Crippen LogP contribution in [0.1, 0.15) is 0 Å². The number of pyridine rings is 1. The highest BCUT2D eigenvalue weighted by molar-refractivity contribution is 6.02. The molecule has 0 radical (unpaired) electrons. The molecule has 0 saturated heterocycles. The van der Waals surface area contributed by atoms with E-state index in [9.17, 15) is 4.79 Å². The van der Waals surface area contributed by atoms with Crippen molar-refractivity contribution in [2.24, 2.45) is 0 Å². The molecule has 0 aliphatic carbocycles. The Balaban J connectivity index is 1.60. The van der Waals surface area contributed by atoms with Crippen molar-refractivity contribution in [3.63, 3.8) is 0 Å². The van der Waals surface area contributed by atoms with Gasteiger partial charge < -0.3 is 9.88 Å². The fourth-order valence-corrected chi connectivity index (χ4v) is 2.85. The van der Waals surface area contributed by atoms with Crippen molar-refractivity contribution in [1.29, 1.82) is 0 Å². The first-order valence-electron chi connectivity index (χ1n) is 7.48. The van der Waals surface area contributed by atoms with Crippen molar-refractivity contribution in [3.8, 4) is 0 Å². The van der Waals surface area contributed by atoms with Crippen LogP contribution in [-0.4, -0.2) is 15.5 Å². The normalized spacial score (nSPS) is 11.0. The zero-order valence-corrected chi connectivity index (χ0v) is 12.4. The molecular weight excluding hydrogens is 286 g/mol. The zero-order valence-electron chi connectivity index (χ0n) is 12.4. The van der Waals surface area contributed by atoms with Gasteiger partial charge in [0.25, 0.3) is 0 Å². The van der Waals surface area contributed by atoms with Crippen LogP contribution in [0.25, 0.3) is 21.7 Å². The lowest BCUT2D eigenvalue weighted by Gasteiger charge is -2.10. The predicted octanol–water partition coefficient (Wildman–Crippen LogP) is 3.83. The molecule has 0 saturated carbocycles. The molecule has 0 aliphatic rings. The predicted molar refractivity (Wildman–Crippen MR) is 92.3 cm³/mol. The Labute approximate surface area is 133 Å². The molecule has 2 heterocycles. The Bertz CT molecular complexity index is 998. The van der Waals surface area contributed by atoms with Crippen LogP contribution in [0.2, 0.25) is 0 Å². The average Bonchev–Trinajstić information content (AvgIpc) is 2.98. The molecule has 0 unspecified atom stereocenters. The average molecular weight is 301 g/mol. The van der Waals surface area contributed by atoms with Gasteiger partial charge in [0.05, 0.1) is 0 Å². The van der Waals surface area contributed by atoms with Gasteiger partial charge >= 0.3 is 0 Å². The number of anilines is 1. The topological polar surface area (TPSA) is 46.9 Å². The van der Waals surface area contributed by atoms with Crippen LogP contribution in [0, 0.1) is 0 Å². The van der Waals surface area contributed by atoms with Crippen LogP contribution in [0.4, 0.5) is 5.69 Å². The van der Waals surface area contributed by atoms with Crippen molar-refractivity contribution >= 4 is 33.3 Å². The third-order valence-electron chi connectivity index (χ3n) is 3.95. The van der Waals surface area contributed by atoms with E-state index in [0.29, 0.717) is 0 Å². The van der Waals surface area contributed by atoms with Gasteiger partial charge in [0.1, 0.15) is 6.54 Å². The van der Waals surface area contributed by atoms with E-state index in [1.165, 1.54) is 0 Å². The first kappa shape index (κ1) is 13.5. The second-order valence-corrected chi connectivity index (χ2v) is 5.45. The van der Waals surface area contributed by atoms with Crippen LogP contribution >= 0.6 is 0 Å². The number of amides is 1. The van der Waals surface area contributed by atoms with Gasteiger partial charge in [0, 0.05) is 40.6 Å². The molecule has 4 nitrogen and oxygen atoms in total. The van der Waals surface area contributed by atoms with Crippen molar-refractivity contribution in [3.05, 3.63) is 73.2 Å². The van der Waals surface area contributed by atoms with Gasteiger partial charge in [-0.2, -0.15) is 0 Å². The van der Waals surface area contributed by atoms with Crippen LogP contribution in [-0.2, 0) is 11.3 Å². The number of rotatable bonds is 3. The van der Waals surface area contributed by atoms with Gasteiger partial charge in [-0.15, -0.1) is 0 Å². The van der Waals surface area contributed by atoms with E-state index in [4.69, 9.17) is 0 Å². The first-order valence-corrected chi connectivity index (χ1v) is 7.48. The molecule has 0 spiro atoms. The number of nitrogens with one attached hydrogen (secondary N) is 1. The van der Waals surface area contributed by atoms with Crippen LogP contribution in [0.15, 0.2) is 73.2 Å². The molecule has 23 heavy (non-hydrogen) atoms. The number of fused-ring (bicyclic) bond motifs is 2. The van der Waals surface area contributed by atoms with Gasteiger partial charge in [-0.1, -0.05) is 30.3 Å². The minimum atomic E-state index is -0.0457. The molecule has 1 N–H and O–H groups in total. The summed E-state index contributed by atoms with van der Waals surface area (Å²) in [4.78, 5) is 16.5. The van der Waals surface area contributed by atoms with Gasteiger partial charge in [-0.25, -0.2) is 0 Å². The third kappa shape index (κ3) is 2.55. The minimum Gasteiger partial charge on any atom is -0.338 e. The van der Waals surface area contributed by atoms with Crippen molar-refractivity contribution in [2.75, 3.05) is 5.32 Å². The number of aromatic nitrogens is 2. The lowest BCUT2D eigenvalue weighted by Crippen LogP contribution is -2.18. The molecule has 0 aliphatic heterocycles. The number of hydrogen-bond donors (Lipinski definition) is 1. The number of benzene rings is 2. The number of para-hydroxylation sites is 1. The molecule has 4 heteroatoms. The molecule has 1 amide bonds. The summed E-state index contributed by atoms with van der Waals surface area (Å²) < 4.78 is 1.96. The highest BCUT2D eigenvalue weighted by Crippen LogP contribution is 2.22. The monoisotopic (exact) mass is 301 g/mol. The maximum atomic E-state index is 12.4. The Morgan fingerprint density at radius 2 is 1.87 bits per heavy atom. The Kier molecular flexibility index (Phi) is 3.27. The van der Waals surface area contributed by atoms with Crippen LogP contribution in [0.5, 0.6) is 0 Å². The molecule has 112 valence electrons. The highest BCUT2D eigenvalue weighted by atomic mass is 16.1. The van der Waals surface area contributed by atoms with E-state index in [-0.39, 0.29) is 12.5 Å². The molecule has 4 rings (SSSR count). The lowest BCUT2D eigenvalue weighted by atomic mass is 10.1. The van der Waals surface area contributed by atoms with Crippen molar-refractivity contribution in [1.82, 2.24) is 9.55 Å². The van der Waals surface area contributed by atoms with Crippen LogP contribution < -0.4 is 5.32 Å². The first-order chi connectivity index (χ1) is 11.3. The number of carbonyl (C=O) groups is 1. The standard InChI is InChI=1S/C19H15N3O/c23-19(13-22-11-9-14-4-1-2-7-18(14)22)21-17-6-3-5-15-12-20-10-8-16(15)17/h1-12H,13H2,(H,21,23). The quantitative estimate of drug-likeness (QED) is 0.625. The molecule has 0 atom stereocenters. The Morgan fingerprint density at radius 3 is 2.83 bits per heavy atom. The van der Waals surface area contributed by atoms with Gasteiger partial charge in [0.15, 0.2) is 0 Å². The summed E-state index contributed by atoms with van der Waals surface area (Å²) in [5, 5.41) is 6.14. The number of carbonyl (C=O) groups excluding carboxylic acids is 1. The van der Waals surface area contributed by atoms with E-state index in [2.05, 4.69) is 10.3 Å². The summed E-state index contributed by atoms with van der Waals surface area (Å²) in [5.41, 5.74) is 1.87. The smallest absolute Gasteiger partial charge is 0.244 e. The highest BCUT2D eigenvalue weighted by Gasteiger charge is 2.08. The second kappa shape index (κ2) is 5.57. The van der Waals surface area contributed by atoms with Gasteiger partial charge in [-0.05, 0) is 29.7 Å². The molecule has 2 aromatic carbocycles. The molecule has 4 aromatic rings. The van der Waals surface area contributed by atoms with Crippen molar-refractivity contribution in [2.45, 2.75) is 6.54 Å². The fraction of sp³-hybridized carbons (Fsp3) is 0.0526. The lowest BCUT2D eigenvalue weighted by molar-refractivity contribution is -0.116. The zero-order chi connectivity index (χ0) is 15.6. The van der Waals surface area contributed by atoms with Gasteiger partial charge in [0.2, 0.25) is 5.91 Å². The summed E-state index contributed by atoms with van der Waals surface area (Å²) in [7, 11) is 0. The van der Waals surface area contributed by atoms with E-state index in [0.717, 1.165) is 27.4 Å². The van der Waals surface area contributed by atoms with E-state index < -0.39 is 0 Å². The van der Waals surface area contributed by atoms with E-state index in [1.54, 1.807) is 12.4 Å². The SMILES string of the molecule is O=C(Cn1ccc2ccccc21)Nc1cccc2cnccc12. The summed E-state index contributed by atoms with van der Waals surface area (Å²) in [5.74, 6) is -0.0457. The molecule has 0 fully saturated rings. The maximum absolute atomic E-state index is 12.4. The van der Waals surface area contributed by atoms with E-state index in [1.807, 2.05) is 65.4 Å². The largest absolute Gasteiger partial charge is 0.338 e. The number of nitrogens with zero attached hydrogens (tertiary/aromatic N) is 2. The third-order valence-corrected chi connectivity index (χ3v) is 3.95. The molecule has 0 bridgehead atoms. The van der Waals surface area contributed by atoms with Crippen LogP contribution in [0.3, 0.4) is 0 Å². The summed E-state index contributed by atoms with van der Waals surface area (Å²) >= 11 is 0.